The summed E-state index contributed by atoms with van der Waals surface area (Å²) in [4.78, 5) is 15.7. The molecular formula is C16H33N5O3S. The zero-order valence-corrected chi connectivity index (χ0v) is 16.7. The second kappa shape index (κ2) is 10.6. The lowest BCUT2D eigenvalue weighted by Gasteiger charge is -2.32. The molecule has 1 rings (SSSR count). The Morgan fingerprint density at radius 1 is 1.20 bits per heavy atom. The summed E-state index contributed by atoms with van der Waals surface area (Å²) in [6.07, 6.45) is 2.16. The minimum Gasteiger partial charge on any atom is -0.355 e. The molecule has 1 amide bonds. The first-order chi connectivity index (χ1) is 11.8. The third kappa shape index (κ3) is 7.60. The number of guanidine groups is 1. The maximum atomic E-state index is 12.1. The number of carbonyl (C=O) groups is 1. The van der Waals surface area contributed by atoms with Crippen LogP contribution in [0.2, 0.25) is 0 Å². The number of amides is 1. The molecule has 1 saturated heterocycles. The van der Waals surface area contributed by atoms with Gasteiger partial charge in [0.25, 0.3) is 0 Å². The van der Waals surface area contributed by atoms with Gasteiger partial charge >= 0.3 is 0 Å². The summed E-state index contributed by atoms with van der Waals surface area (Å²) < 4.78 is 25.8. The lowest BCUT2D eigenvalue weighted by Crippen LogP contribution is -2.50. The average Bonchev–Trinajstić information content (AvgIpc) is 2.57. The highest BCUT2D eigenvalue weighted by Crippen LogP contribution is 2.15. The van der Waals surface area contributed by atoms with E-state index in [0.717, 1.165) is 12.8 Å². The summed E-state index contributed by atoms with van der Waals surface area (Å²) in [5.74, 6) is 0.904. The van der Waals surface area contributed by atoms with E-state index in [2.05, 4.69) is 20.9 Å². The molecule has 8 nitrogen and oxygen atoms in total. The molecule has 1 heterocycles. The normalized spacial score (nSPS) is 17.6. The molecule has 25 heavy (non-hydrogen) atoms. The number of nitrogens with zero attached hydrogens (tertiary/aromatic N) is 2. The second-order valence-electron chi connectivity index (χ2n) is 6.58. The quantitative estimate of drug-likeness (QED) is 0.318. The monoisotopic (exact) mass is 375 g/mol. The van der Waals surface area contributed by atoms with Crippen LogP contribution in [0.1, 0.15) is 40.0 Å². The Balaban J connectivity index is 2.32. The van der Waals surface area contributed by atoms with Crippen molar-refractivity contribution < 1.29 is 13.2 Å². The fourth-order valence-corrected chi connectivity index (χ4v) is 4.17. The van der Waals surface area contributed by atoms with E-state index < -0.39 is 10.0 Å². The Kier molecular flexibility index (Phi) is 9.20. The van der Waals surface area contributed by atoms with E-state index in [4.69, 9.17) is 0 Å². The lowest BCUT2D eigenvalue weighted by atomic mass is 10.1. The number of aliphatic imine (C=N–C) groups is 1. The highest BCUT2D eigenvalue weighted by atomic mass is 32.2. The van der Waals surface area contributed by atoms with Crippen molar-refractivity contribution in [1.29, 1.82) is 0 Å². The van der Waals surface area contributed by atoms with Crippen LogP contribution in [-0.4, -0.2) is 69.6 Å². The number of carbonyl (C=O) groups excluding carboxylic acids is 1. The van der Waals surface area contributed by atoms with Crippen LogP contribution in [0, 0.1) is 5.92 Å². The Morgan fingerprint density at radius 2 is 1.80 bits per heavy atom. The molecule has 0 unspecified atom stereocenters. The Labute approximate surface area is 151 Å². The first-order valence-corrected chi connectivity index (χ1v) is 10.6. The van der Waals surface area contributed by atoms with Gasteiger partial charge in [-0.3, -0.25) is 9.79 Å². The predicted octanol–water partition coefficient (Wildman–Crippen LogP) is 0.128. The summed E-state index contributed by atoms with van der Waals surface area (Å²) in [5.41, 5.74) is 0. The summed E-state index contributed by atoms with van der Waals surface area (Å²) in [6, 6.07) is 0.199. The summed E-state index contributed by atoms with van der Waals surface area (Å²) in [7, 11) is -1.41. The van der Waals surface area contributed by atoms with E-state index in [0.29, 0.717) is 38.6 Å². The fourth-order valence-electron chi connectivity index (χ4n) is 2.62. The van der Waals surface area contributed by atoms with Gasteiger partial charge in [-0.05, 0) is 19.3 Å². The van der Waals surface area contributed by atoms with Gasteiger partial charge in [0.15, 0.2) is 5.96 Å². The van der Waals surface area contributed by atoms with Gasteiger partial charge in [0, 0.05) is 45.2 Å². The van der Waals surface area contributed by atoms with Crippen LogP contribution in [0.15, 0.2) is 4.99 Å². The van der Waals surface area contributed by atoms with Crippen molar-refractivity contribution in [1.82, 2.24) is 20.3 Å². The van der Waals surface area contributed by atoms with E-state index in [1.54, 1.807) is 11.4 Å². The molecule has 0 aromatic carbocycles. The highest BCUT2D eigenvalue weighted by molar-refractivity contribution is 7.89. The van der Waals surface area contributed by atoms with Gasteiger partial charge in [-0.1, -0.05) is 20.8 Å². The Morgan fingerprint density at radius 3 is 2.32 bits per heavy atom. The van der Waals surface area contributed by atoms with E-state index in [-0.39, 0.29) is 23.6 Å². The van der Waals surface area contributed by atoms with E-state index in [1.807, 2.05) is 20.8 Å². The molecule has 0 radical (unpaired) electrons. The lowest BCUT2D eigenvalue weighted by molar-refractivity contribution is -0.123. The fraction of sp³-hybridized carbons (Fsp3) is 0.875. The van der Waals surface area contributed by atoms with Crippen LogP contribution < -0.4 is 16.0 Å². The summed E-state index contributed by atoms with van der Waals surface area (Å²) in [5, 5.41) is 9.33. The van der Waals surface area contributed by atoms with Crippen LogP contribution in [-0.2, 0) is 14.8 Å². The van der Waals surface area contributed by atoms with Gasteiger partial charge in [0.05, 0.1) is 5.75 Å². The highest BCUT2D eigenvalue weighted by Gasteiger charge is 2.27. The Hall–Kier alpha value is -1.35. The molecular weight excluding hydrogens is 342 g/mol. The van der Waals surface area contributed by atoms with Crippen molar-refractivity contribution in [2.45, 2.75) is 46.1 Å². The average molecular weight is 376 g/mol. The van der Waals surface area contributed by atoms with Crippen LogP contribution in [0.25, 0.3) is 0 Å². The first kappa shape index (κ1) is 21.7. The van der Waals surface area contributed by atoms with Crippen LogP contribution in [0.3, 0.4) is 0 Å². The van der Waals surface area contributed by atoms with Gasteiger partial charge in [0.1, 0.15) is 0 Å². The molecule has 0 atom stereocenters. The molecule has 3 N–H and O–H groups in total. The minimum absolute atomic E-state index is 0.0217. The molecule has 1 aliphatic rings. The molecule has 0 bridgehead atoms. The van der Waals surface area contributed by atoms with Gasteiger partial charge in [-0.25, -0.2) is 12.7 Å². The number of hydrogen-bond donors (Lipinski definition) is 3. The largest absolute Gasteiger partial charge is 0.355 e. The second-order valence-corrected chi connectivity index (χ2v) is 8.67. The third-order valence-corrected chi connectivity index (χ3v) is 6.19. The molecule has 0 aromatic heterocycles. The van der Waals surface area contributed by atoms with Crippen molar-refractivity contribution in [3.63, 3.8) is 0 Å². The maximum absolute atomic E-state index is 12.1. The van der Waals surface area contributed by atoms with Crippen LogP contribution >= 0.6 is 0 Å². The van der Waals surface area contributed by atoms with Crippen molar-refractivity contribution in [3.8, 4) is 0 Å². The topological polar surface area (TPSA) is 103 Å². The smallest absolute Gasteiger partial charge is 0.222 e. The zero-order valence-electron chi connectivity index (χ0n) is 15.8. The molecule has 0 saturated carbocycles. The third-order valence-electron chi connectivity index (χ3n) is 4.11. The van der Waals surface area contributed by atoms with Crippen LogP contribution in [0.5, 0.6) is 0 Å². The van der Waals surface area contributed by atoms with Crippen LogP contribution in [0.4, 0.5) is 0 Å². The first-order valence-electron chi connectivity index (χ1n) is 9.02. The molecule has 1 aliphatic heterocycles. The zero-order chi connectivity index (χ0) is 18.9. The van der Waals surface area contributed by atoms with Crippen molar-refractivity contribution in [2.24, 2.45) is 10.9 Å². The molecule has 0 spiro atoms. The molecule has 9 heteroatoms. The van der Waals surface area contributed by atoms with Crippen molar-refractivity contribution in [3.05, 3.63) is 0 Å². The SMILES string of the molecule is CCCS(=O)(=O)N1CCC(NC(=NC)NCCNC(=O)C(C)C)CC1. The maximum Gasteiger partial charge on any atom is 0.222 e. The molecule has 0 aliphatic carbocycles. The standard InChI is InChI=1S/C16H33N5O3S/c1-5-12-25(23,24)21-10-6-14(7-11-21)20-16(17-4)19-9-8-18-15(22)13(2)3/h13-14H,5-12H2,1-4H3,(H,18,22)(H2,17,19,20). The van der Waals surface area contributed by atoms with Gasteiger partial charge in [-0.15, -0.1) is 0 Å². The molecule has 0 aromatic rings. The van der Waals surface area contributed by atoms with Gasteiger partial charge in [-0.2, -0.15) is 0 Å². The van der Waals surface area contributed by atoms with E-state index >= 15 is 0 Å². The summed E-state index contributed by atoms with van der Waals surface area (Å²) in [6.45, 7) is 7.80. The number of rotatable bonds is 8. The number of sulfonamides is 1. The number of hydrogen-bond acceptors (Lipinski definition) is 4. The minimum atomic E-state index is -3.10. The number of nitrogens with one attached hydrogen (secondary N) is 3. The van der Waals surface area contributed by atoms with Crippen molar-refractivity contribution >= 4 is 21.9 Å². The molecule has 1 fully saturated rings. The van der Waals surface area contributed by atoms with E-state index in [9.17, 15) is 13.2 Å². The predicted molar refractivity (Wildman–Crippen MR) is 101 cm³/mol. The van der Waals surface area contributed by atoms with Gasteiger partial charge in [0.2, 0.25) is 15.9 Å². The summed E-state index contributed by atoms with van der Waals surface area (Å²) >= 11 is 0. The number of piperidine rings is 1. The molecule has 146 valence electrons. The van der Waals surface area contributed by atoms with Gasteiger partial charge < -0.3 is 16.0 Å². The van der Waals surface area contributed by atoms with E-state index in [1.165, 1.54) is 0 Å². The Bertz CT molecular complexity index is 540. The van der Waals surface area contributed by atoms with Crippen molar-refractivity contribution in [2.75, 3.05) is 39.0 Å².